The standard InChI is InChI=1S/C17H17ClN2O/c1-2-12-19-16(13-8-10-14(18)11-9-13)17(21)20-15-6-4-3-5-7-15/h2-11,16,19H,1,12H2,(H,20,21)/p+1/t16-/m1/s1. The number of carbonyl (C=O) groups is 1. The summed E-state index contributed by atoms with van der Waals surface area (Å²) in [5.41, 5.74) is 1.70. The van der Waals surface area contributed by atoms with Gasteiger partial charge in [0.1, 0.15) is 0 Å². The molecule has 0 spiro atoms. The lowest BCUT2D eigenvalue weighted by Crippen LogP contribution is -2.87. The molecule has 3 N–H and O–H groups in total. The number of carbonyl (C=O) groups excluding carboxylic acids is 1. The Morgan fingerprint density at radius 3 is 2.48 bits per heavy atom. The zero-order valence-corrected chi connectivity index (χ0v) is 12.4. The number of halogens is 1. The summed E-state index contributed by atoms with van der Waals surface area (Å²) in [6.07, 6.45) is 1.78. The maximum Gasteiger partial charge on any atom is 0.287 e. The Morgan fingerprint density at radius 2 is 1.86 bits per heavy atom. The highest BCUT2D eigenvalue weighted by molar-refractivity contribution is 6.30. The van der Waals surface area contributed by atoms with Crippen molar-refractivity contribution in [2.75, 3.05) is 11.9 Å². The van der Waals surface area contributed by atoms with Crippen LogP contribution in [0.1, 0.15) is 11.6 Å². The average Bonchev–Trinajstić information content (AvgIpc) is 2.50. The van der Waals surface area contributed by atoms with Crippen molar-refractivity contribution < 1.29 is 10.1 Å². The van der Waals surface area contributed by atoms with Crippen LogP contribution >= 0.6 is 11.6 Å². The molecule has 0 aliphatic heterocycles. The SMILES string of the molecule is C=CC[NH2+][C@@H](C(=O)Nc1ccccc1)c1ccc(Cl)cc1. The summed E-state index contributed by atoms with van der Waals surface area (Å²) in [4.78, 5) is 12.5. The molecule has 0 aromatic heterocycles. The Bertz CT molecular complexity index is 596. The number of amides is 1. The van der Waals surface area contributed by atoms with Crippen molar-refractivity contribution in [2.45, 2.75) is 6.04 Å². The van der Waals surface area contributed by atoms with E-state index in [9.17, 15) is 4.79 Å². The first kappa shape index (κ1) is 15.3. The van der Waals surface area contributed by atoms with Crippen molar-refractivity contribution in [3.63, 3.8) is 0 Å². The molecule has 0 unspecified atom stereocenters. The van der Waals surface area contributed by atoms with Crippen molar-refractivity contribution in [1.82, 2.24) is 0 Å². The van der Waals surface area contributed by atoms with Crippen LogP contribution in [0.3, 0.4) is 0 Å². The number of nitrogens with one attached hydrogen (secondary N) is 1. The first-order valence-electron chi connectivity index (χ1n) is 6.76. The van der Waals surface area contributed by atoms with Gasteiger partial charge in [-0.2, -0.15) is 0 Å². The third kappa shape index (κ3) is 4.45. The molecule has 108 valence electrons. The summed E-state index contributed by atoms with van der Waals surface area (Å²) in [6.45, 7) is 4.36. The molecule has 0 aliphatic rings. The van der Waals surface area contributed by atoms with Crippen LogP contribution in [0.4, 0.5) is 5.69 Å². The summed E-state index contributed by atoms with van der Waals surface area (Å²) in [7, 11) is 0. The van der Waals surface area contributed by atoms with Crippen LogP contribution in [-0.2, 0) is 4.79 Å². The van der Waals surface area contributed by atoms with Crippen LogP contribution < -0.4 is 10.6 Å². The van der Waals surface area contributed by atoms with Gasteiger partial charge in [-0.1, -0.05) is 48.5 Å². The van der Waals surface area contributed by atoms with Crippen LogP contribution in [0.25, 0.3) is 0 Å². The van der Waals surface area contributed by atoms with Gasteiger partial charge in [0.2, 0.25) is 0 Å². The van der Waals surface area contributed by atoms with E-state index in [1.165, 1.54) is 0 Å². The summed E-state index contributed by atoms with van der Waals surface area (Å²) in [6, 6.07) is 16.4. The molecule has 0 heterocycles. The molecule has 2 rings (SSSR count). The molecule has 1 amide bonds. The minimum atomic E-state index is -0.333. The zero-order valence-electron chi connectivity index (χ0n) is 11.6. The lowest BCUT2D eigenvalue weighted by Gasteiger charge is -2.15. The van der Waals surface area contributed by atoms with Gasteiger partial charge in [-0.25, -0.2) is 0 Å². The Balaban J connectivity index is 2.16. The summed E-state index contributed by atoms with van der Waals surface area (Å²) >= 11 is 5.90. The highest BCUT2D eigenvalue weighted by atomic mass is 35.5. The van der Waals surface area contributed by atoms with Gasteiger partial charge >= 0.3 is 0 Å². The highest BCUT2D eigenvalue weighted by Crippen LogP contribution is 2.16. The van der Waals surface area contributed by atoms with E-state index in [0.29, 0.717) is 11.6 Å². The van der Waals surface area contributed by atoms with Crippen molar-refractivity contribution >= 4 is 23.2 Å². The first-order valence-corrected chi connectivity index (χ1v) is 7.14. The molecule has 2 aromatic carbocycles. The van der Waals surface area contributed by atoms with E-state index in [4.69, 9.17) is 11.6 Å². The minimum Gasteiger partial charge on any atom is -0.329 e. The van der Waals surface area contributed by atoms with Gasteiger partial charge in [-0.3, -0.25) is 4.79 Å². The number of hydrogen-bond donors (Lipinski definition) is 2. The van der Waals surface area contributed by atoms with Crippen LogP contribution in [0.5, 0.6) is 0 Å². The predicted octanol–water partition coefficient (Wildman–Crippen LogP) is 2.77. The van der Waals surface area contributed by atoms with E-state index in [-0.39, 0.29) is 11.9 Å². The second-order valence-corrected chi connectivity index (χ2v) is 5.08. The molecule has 2 aromatic rings. The number of anilines is 1. The summed E-state index contributed by atoms with van der Waals surface area (Å²) < 4.78 is 0. The van der Waals surface area contributed by atoms with Gasteiger partial charge in [0, 0.05) is 16.3 Å². The fourth-order valence-corrected chi connectivity index (χ4v) is 2.16. The number of rotatable bonds is 6. The molecule has 1 atom stereocenters. The molecular formula is C17H18ClN2O+. The molecule has 0 aliphatic carbocycles. The lowest BCUT2D eigenvalue weighted by atomic mass is 10.1. The topological polar surface area (TPSA) is 45.7 Å². The monoisotopic (exact) mass is 301 g/mol. The molecule has 0 fully saturated rings. The number of para-hydroxylation sites is 1. The van der Waals surface area contributed by atoms with Crippen molar-refractivity contribution in [2.24, 2.45) is 0 Å². The zero-order chi connectivity index (χ0) is 15.1. The summed E-state index contributed by atoms with van der Waals surface area (Å²) in [5.74, 6) is -0.0645. The van der Waals surface area contributed by atoms with E-state index >= 15 is 0 Å². The van der Waals surface area contributed by atoms with Gasteiger partial charge in [0.15, 0.2) is 6.04 Å². The Labute approximate surface area is 129 Å². The third-order valence-corrected chi connectivity index (χ3v) is 3.34. The van der Waals surface area contributed by atoms with E-state index in [1.54, 1.807) is 18.2 Å². The van der Waals surface area contributed by atoms with E-state index in [2.05, 4.69) is 11.9 Å². The normalized spacial score (nSPS) is 11.7. The number of hydrogen-bond acceptors (Lipinski definition) is 1. The Hall–Kier alpha value is -2.10. The van der Waals surface area contributed by atoms with Crippen LogP contribution in [0, 0.1) is 0 Å². The molecule has 0 saturated heterocycles. The van der Waals surface area contributed by atoms with Crippen molar-refractivity contribution in [3.8, 4) is 0 Å². The van der Waals surface area contributed by atoms with Gasteiger partial charge in [-0.15, -0.1) is 0 Å². The predicted molar refractivity (Wildman–Crippen MR) is 86.3 cm³/mol. The van der Waals surface area contributed by atoms with E-state index < -0.39 is 0 Å². The molecule has 0 radical (unpaired) electrons. The van der Waals surface area contributed by atoms with Gasteiger partial charge < -0.3 is 10.6 Å². The Morgan fingerprint density at radius 1 is 1.19 bits per heavy atom. The quantitative estimate of drug-likeness (QED) is 0.792. The molecule has 21 heavy (non-hydrogen) atoms. The number of benzene rings is 2. The van der Waals surface area contributed by atoms with Gasteiger partial charge in [0.25, 0.3) is 5.91 Å². The molecule has 0 saturated carbocycles. The van der Waals surface area contributed by atoms with Crippen molar-refractivity contribution in [3.05, 3.63) is 77.8 Å². The fraction of sp³-hybridized carbons (Fsp3) is 0.118. The smallest absolute Gasteiger partial charge is 0.287 e. The fourth-order valence-electron chi connectivity index (χ4n) is 2.04. The molecule has 3 nitrogen and oxygen atoms in total. The summed E-state index contributed by atoms with van der Waals surface area (Å²) in [5, 5.41) is 5.52. The van der Waals surface area contributed by atoms with Crippen molar-refractivity contribution in [1.29, 1.82) is 0 Å². The average molecular weight is 302 g/mol. The van der Waals surface area contributed by atoms with Crippen LogP contribution in [-0.4, -0.2) is 12.5 Å². The number of quaternary nitrogens is 1. The molecule has 4 heteroatoms. The first-order chi connectivity index (χ1) is 10.2. The van der Waals surface area contributed by atoms with Gasteiger partial charge in [0.05, 0.1) is 6.54 Å². The molecule has 0 bridgehead atoms. The second-order valence-electron chi connectivity index (χ2n) is 4.64. The maximum absolute atomic E-state index is 12.5. The molecular weight excluding hydrogens is 284 g/mol. The highest BCUT2D eigenvalue weighted by Gasteiger charge is 2.23. The lowest BCUT2D eigenvalue weighted by molar-refractivity contribution is -0.674. The van der Waals surface area contributed by atoms with E-state index in [0.717, 1.165) is 11.3 Å². The minimum absolute atomic E-state index is 0.0645. The van der Waals surface area contributed by atoms with Crippen LogP contribution in [0.2, 0.25) is 5.02 Å². The van der Waals surface area contributed by atoms with Gasteiger partial charge in [-0.05, 0) is 30.3 Å². The van der Waals surface area contributed by atoms with Crippen LogP contribution in [0.15, 0.2) is 67.3 Å². The third-order valence-electron chi connectivity index (χ3n) is 3.09. The Kier molecular flexibility index (Phi) is 5.55. The number of nitrogens with two attached hydrogens (primary N) is 1. The largest absolute Gasteiger partial charge is 0.329 e. The maximum atomic E-state index is 12.5. The second kappa shape index (κ2) is 7.62. The van der Waals surface area contributed by atoms with E-state index in [1.807, 2.05) is 47.8 Å².